The van der Waals surface area contributed by atoms with E-state index in [9.17, 15) is 4.79 Å². The summed E-state index contributed by atoms with van der Waals surface area (Å²) in [5.74, 6) is 0.119. The van der Waals surface area contributed by atoms with Gasteiger partial charge in [0.05, 0.1) is 5.92 Å². The predicted octanol–water partition coefficient (Wildman–Crippen LogP) is 0.591. The highest BCUT2D eigenvalue weighted by atomic mass is 16.4. The van der Waals surface area contributed by atoms with E-state index in [4.69, 9.17) is 5.11 Å². The molecule has 1 fully saturated rings. The van der Waals surface area contributed by atoms with Gasteiger partial charge in [0.15, 0.2) is 0 Å². The van der Waals surface area contributed by atoms with Crippen LogP contribution in [0.25, 0.3) is 0 Å². The molecule has 0 amide bonds. The lowest BCUT2D eigenvalue weighted by atomic mass is 9.86. The molecule has 0 aliphatic heterocycles. The van der Waals surface area contributed by atoms with Crippen molar-refractivity contribution in [1.82, 2.24) is 20.1 Å². The average Bonchev–Trinajstić information content (AvgIpc) is 2.76. The van der Waals surface area contributed by atoms with Crippen LogP contribution in [-0.2, 0) is 18.3 Å². The molecule has 0 radical (unpaired) electrons. The van der Waals surface area contributed by atoms with Crippen molar-refractivity contribution >= 4 is 5.97 Å². The molecule has 0 spiro atoms. The zero-order valence-electron chi connectivity index (χ0n) is 10.7. The van der Waals surface area contributed by atoms with Crippen molar-refractivity contribution in [2.75, 3.05) is 6.54 Å². The molecule has 0 saturated heterocycles. The van der Waals surface area contributed by atoms with E-state index < -0.39 is 5.97 Å². The summed E-state index contributed by atoms with van der Waals surface area (Å²) in [6, 6.07) is 0.327. The third kappa shape index (κ3) is 3.29. The minimum absolute atomic E-state index is 0.175. The van der Waals surface area contributed by atoms with E-state index in [2.05, 4.69) is 15.5 Å². The summed E-state index contributed by atoms with van der Waals surface area (Å²) in [6.45, 7) is 0.823. The van der Waals surface area contributed by atoms with Crippen LogP contribution in [0.15, 0.2) is 6.33 Å². The summed E-state index contributed by atoms with van der Waals surface area (Å²) >= 11 is 0. The molecule has 1 aliphatic carbocycles. The van der Waals surface area contributed by atoms with E-state index in [1.807, 2.05) is 11.6 Å². The normalized spacial score (nSPS) is 24.1. The summed E-state index contributed by atoms with van der Waals surface area (Å²) in [5, 5.41) is 20.3. The average molecular weight is 252 g/mol. The van der Waals surface area contributed by atoms with E-state index in [1.165, 1.54) is 0 Å². The number of carbonyl (C=O) groups is 1. The molecule has 6 heteroatoms. The topological polar surface area (TPSA) is 80.0 Å². The summed E-state index contributed by atoms with van der Waals surface area (Å²) < 4.78 is 1.91. The van der Waals surface area contributed by atoms with Gasteiger partial charge >= 0.3 is 5.97 Å². The standard InChI is InChI=1S/C12H20N4O2/c1-16-8-14-15-11(16)5-6-13-10-4-2-3-9(7-10)12(17)18/h8-10,13H,2-7H2,1H3,(H,17,18). The first kappa shape index (κ1) is 13.0. The molecule has 100 valence electrons. The molecule has 1 aliphatic rings. The van der Waals surface area contributed by atoms with E-state index in [0.29, 0.717) is 6.04 Å². The van der Waals surface area contributed by atoms with Crippen LogP contribution in [0, 0.1) is 5.92 Å². The van der Waals surface area contributed by atoms with Crippen LogP contribution in [-0.4, -0.2) is 38.4 Å². The number of nitrogens with one attached hydrogen (secondary N) is 1. The maximum Gasteiger partial charge on any atom is 0.306 e. The van der Waals surface area contributed by atoms with E-state index >= 15 is 0 Å². The summed E-state index contributed by atoms with van der Waals surface area (Å²) in [6.07, 6.45) is 6.15. The molecule has 2 N–H and O–H groups in total. The van der Waals surface area contributed by atoms with Crippen LogP contribution in [0.1, 0.15) is 31.5 Å². The number of carboxylic acids is 1. The molecule has 0 aromatic carbocycles. The Morgan fingerprint density at radius 3 is 3.11 bits per heavy atom. The SMILES string of the molecule is Cn1cnnc1CCNC1CCCC(C(=O)O)C1. The molecule has 18 heavy (non-hydrogen) atoms. The number of nitrogens with zero attached hydrogens (tertiary/aromatic N) is 3. The zero-order chi connectivity index (χ0) is 13.0. The van der Waals surface area contributed by atoms with Crippen molar-refractivity contribution in [3.63, 3.8) is 0 Å². The first-order valence-corrected chi connectivity index (χ1v) is 6.46. The Labute approximate surface area is 106 Å². The second-order valence-electron chi connectivity index (χ2n) is 4.96. The number of carboxylic acid groups (broad SMARTS) is 1. The van der Waals surface area contributed by atoms with Gasteiger partial charge in [0.1, 0.15) is 12.2 Å². The van der Waals surface area contributed by atoms with E-state index in [-0.39, 0.29) is 5.92 Å². The second kappa shape index (κ2) is 5.95. The Morgan fingerprint density at radius 1 is 1.61 bits per heavy atom. The first-order valence-electron chi connectivity index (χ1n) is 6.46. The van der Waals surface area contributed by atoms with Crippen LogP contribution in [0.2, 0.25) is 0 Å². The number of aromatic nitrogens is 3. The lowest BCUT2D eigenvalue weighted by Crippen LogP contribution is -2.37. The van der Waals surface area contributed by atoms with Crippen LogP contribution >= 0.6 is 0 Å². The molecule has 1 aromatic heterocycles. The lowest BCUT2D eigenvalue weighted by Gasteiger charge is -2.27. The third-order valence-corrected chi connectivity index (χ3v) is 3.61. The molecule has 6 nitrogen and oxygen atoms in total. The van der Waals surface area contributed by atoms with Crippen molar-refractivity contribution in [1.29, 1.82) is 0 Å². The summed E-state index contributed by atoms with van der Waals surface area (Å²) in [5.41, 5.74) is 0. The van der Waals surface area contributed by atoms with Gasteiger partial charge in [-0.2, -0.15) is 0 Å². The van der Waals surface area contributed by atoms with Gasteiger partial charge in [-0.05, 0) is 19.3 Å². The van der Waals surface area contributed by atoms with Gasteiger partial charge in [0, 0.05) is 26.1 Å². The minimum atomic E-state index is -0.658. The van der Waals surface area contributed by atoms with Crippen LogP contribution in [0.3, 0.4) is 0 Å². The van der Waals surface area contributed by atoms with Crippen molar-refractivity contribution in [3.8, 4) is 0 Å². The molecule has 0 bridgehead atoms. The highest BCUT2D eigenvalue weighted by Crippen LogP contribution is 2.24. The molecular weight excluding hydrogens is 232 g/mol. The first-order chi connectivity index (χ1) is 8.66. The number of rotatable bonds is 5. The maximum atomic E-state index is 11.0. The fourth-order valence-corrected chi connectivity index (χ4v) is 2.52. The van der Waals surface area contributed by atoms with Crippen molar-refractivity contribution in [2.45, 2.75) is 38.1 Å². The van der Waals surface area contributed by atoms with E-state index in [1.54, 1.807) is 6.33 Å². The quantitative estimate of drug-likeness (QED) is 0.801. The smallest absolute Gasteiger partial charge is 0.306 e. The highest BCUT2D eigenvalue weighted by Gasteiger charge is 2.26. The summed E-state index contributed by atoms with van der Waals surface area (Å²) in [7, 11) is 1.93. The Kier molecular flexibility index (Phi) is 4.30. The summed E-state index contributed by atoms with van der Waals surface area (Å²) in [4.78, 5) is 11.0. The number of hydrogen-bond donors (Lipinski definition) is 2. The third-order valence-electron chi connectivity index (χ3n) is 3.61. The van der Waals surface area contributed by atoms with Crippen molar-refractivity contribution in [3.05, 3.63) is 12.2 Å². The van der Waals surface area contributed by atoms with Gasteiger partial charge in [0.2, 0.25) is 0 Å². The Bertz CT molecular complexity index is 405. The largest absolute Gasteiger partial charge is 0.481 e. The van der Waals surface area contributed by atoms with Crippen LogP contribution in [0.4, 0.5) is 0 Å². The molecular formula is C12H20N4O2. The Morgan fingerprint density at radius 2 is 2.44 bits per heavy atom. The van der Waals surface area contributed by atoms with Crippen LogP contribution in [0.5, 0.6) is 0 Å². The maximum absolute atomic E-state index is 11.0. The molecule has 2 atom stereocenters. The second-order valence-corrected chi connectivity index (χ2v) is 4.96. The molecule has 2 rings (SSSR count). The Balaban J connectivity index is 1.73. The van der Waals surface area contributed by atoms with Gasteiger partial charge in [-0.1, -0.05) is 6.42 Å². The number of aryl methyl sites for hydroxylation is 1. The zero-order valence-corrected chi connectivity index (χ0v) is 10.7. The fraction of sp³-hybridized carbons (Fsp3) is 0.750. The van der Waals surface area contributed by atoms with Crippen LogP contribution < -0.4 is 5.32 Å². The van der Waals surface area contributed by atoms with Gasteiger partial charge in [-0.25, -0.2) is 0 Å². The lowest BCUT2D eigenvalue weighted by molar-refractivity contribution is -0.143. The minimum Gasteiger partial charge on any atom is -0.481 e. The van der Waals surface area contributed by atoms with Gasteiger partial charge in [-0.15, -0.1) is 10.2 Å². The van der Waals surface area contributed by atoms with Crippen molar-refractivity contribution in [2.24, 2.45) is 13.0 Å². The van der Waals surface area contributed by atoms with Gasteiger partial charge in [0.25, 0.3) is 0 Å². The number of hydrogen-bond acceptors (Lipinski definition) is 4. The molecule has 1 saturated carbocycles. The molecule has 2 unspecified atom stereocenters. The van der Waals surface area contributed by atoms with Gasteiger partial charge < -0.3 is 15.0 Å². The molecule has 1 heterocycles. The number of aliphatic carboxylic acids is 1. The monoisotopic (exact) mass is 252 g/mol. The Hall–Kier alpha value is -1.43. The van der Waals surface area contributed by atoms with Gasteiger partial charge in [-0.3, -0.25) is 4.79 Å². The highest BCUT2D eigenvalue weighted by molar-refractivity contribution is 5.70. The van der Waals surface area contributed by atoms with Crippen molar-refractivity contribution < 1.29 is 9.90 Å². The predicted molar refractivity (Wildman–Crippen MR) is 66.1 cm³/mol. The fourth-order valence-electron chi connectivity index (χ4n) is 2.52. The van der Waals surface area contributed by atoms with E-state index in [0.717, 1.165) is 44.5 Å². The molecule has 1 aromatic rings.